The van der Waals surface area contributed by atoms with E-state index in [-0.39, 0.29) is 24.5 Å². The molecule has 2 amide bonds. The number of hydrazine groups is 1. The molecule has 140 valence electrons. The Kier molecular flexibility index (Phi) is 6.44. The molecule has 0 atom stereocenters. The molecule has 0 unspecified atom stereocenters. The Balaban J connectivity index is 1.50. The van der Waals surface area contributed by atoms with Gasteiger partial charge < -0.3 is 14.4 Å². The molecule has 3 heterocycles. The third kappa shape index (κ3) is 4.72. The summed E-state index contributed by atoms with van der Waals surface area (Å²) in [5.41, 5.74) is 3.30. The second kappa shape index (κ2) is 8.98. The van der Waals surface area contributed by atoms with Crippen LogP contribution in [0.3, 0.4) is 0 Å². The number of aromatic nitrogens is 1. The predicted molar refractivity (Wildman–Crippen MR) is 95.7 cm³/mol. The van der Waals surface area contributed by atoms with E-state index in [4.69, 9.17) is 15.9 Å². The quantitative estimate of drug-likeness (QED) is 0.789. The number of piperidine rings is 1. The molecular weight excluding hydrogens is 356 g/mol. The number of carbonyl (C=O) groups excluding carboxylic acids is 2. The molecule has 1 aromatic heterocycles. The first-order chi connectivity index (χ1) is 12.7. The Morgan fingerprint density at radius 3 is 2.77 bits per heavy atom. The fourth-order valence-electron chi connectivity index (χ4n) is 2.96. The highest BCUT2D eigenvalue weighted by molar-refractivity contribution is 7.09. The number of hydrogen-bond acceptors (Lipinski definition) is 7. The van der Waals surface area contributed by atoms with Gasteiger partial charge in [0.05, 0.1) is 18.2 Å². The molecule has 2 aliphatic rings. The van der Waals surface area contributed by atoms with E-state index < -0.39 is 0 Å². The van der Waals surface area contributed by atoms with Crippen molar-refractivity contribution in [2.24, 2.45) is 0 Å². The first-order valence-electron chi connectivity index (χ1n) is 8.61. The lowest BCUT2D eigenvalue weighted by Gasteiger charge is -2.30. The minimum atomic E-state index is -0.369. The SMILES string of the molecule is C#CCOC(=O)N1CCC(c2nc(C(=O)NN3CCOCC3)cs2)CC1. The van der Waals surface area contributed by atoms with Crippen LogP contribution in [0.4, 0.5) is 4.79 Å². The highest BCUT2D eigenvalue weighted by Crippen LogP contribution is 2.30. The van der Waals surface area contributed by atoms with Crippen molar-refractivity contribution in [3.05, 3.63) is 16.1 Å². The van der Waals surface area contributed by atoms with E-state index in [1.165, 1.54) is 11.3 Å². The van der Waals surface area contributed by atoms with E-state index in [1.807, 2.05) is 5.01 Å². The molecule has 2 fully saturated rings. The topological polar surface area (TPSA) is 84.0 Å². The van der Waals surface area contributed by atoms with Crippen molar-refractivity contribution in [1.82, 2.24) is 20.3 Å². The first kappa shape index (κ1) is 18.6. The van der Waals surface area contributed by atoms with Gasteiger partial charge in [0.15, 0.2) is 6.61 Å². The molecule has 8 nitrogen and oxygen atoms in total. The molecule has 2 aliphatic heterocycles. The number of rotatable bonds is 4. The van der Waals surface area contributed by atoms with Gasteiger partial charge in [-0.1, -0.05) is 5.92 Å². The molecule has 0 spiro atoms. The van der Waals surface area contributed by atoms with E-state index in [2.05, 4.69) is 16.3 Å². The van der Waals surface area contributed by atoms with Crippen LogP contribution in [-0.2, 0) is 9.47 Å². The van der Waals surface area contributed by atoms with E-state index >= 15 is 0 Å². The van der Waals surface area contributed by atoms with E-state index in [0.717, 1.165) is 17.8 Å². The fourth-order valence-corrected chi connectivity index (χ4v) is 3.93. The van der Waals surface area contributed by atoms with Crippen LogP contribution in [0.2, 0.25) is 0 Å². The molecule has 0 saturated carbocycles. The van der Waals surface area contributed by atoms with Gasteiger partial charge in [0.25, 0.3) is 5.91 Å². The number of nitrogens with zero attached hydrogens (tertiary/aromatic N) is 3. The smallest absolute Gasteiger partial charge is 0.410 e. The maximum atomic E-state index is 12.3. The van der Waals surface area contributed by atoms with Crippen molar-refractivity contribution in [3.8, 4) is 12.3 Å². The summed E-state index contributed by atoms with van der Waals surface area (Å²) in [6.07, 6.45) is 6.32. The van der Waals surface area contributed by atoms with Gasteiger partial charge in [-0.15, -0.1) is 17.8 Å². The highest BCUT2D eigenvalue weighted by Gasteiger charge is 2.27. The standard InChI is InChI=1S/C17H22N4O4S/c1-2-9-25-17(23)20-5-3-13(4-6-20)16-18-14(12-26-16)15(22)19-21-7-10-24-11-8-21/h1,12-13H,3-11H2,(H,19,22). The molecule has 0 radical (unpaired) electrons. The summed E-state index contributed by atoms with van der Waals surface area (Å²) < 4.78 is 10.2. The number of amides is 2. The van der Waals surface area contributed by atoms with E-state index in [1.54, 1.807) is 10.3 Å². The molecule has 1 aromatic rings. The summed E-state index contributed by atoms with van der Waals surface area (Å²) in [5, 5.41) is 4.58. The lowest BCUT2D eigenvalue weighted by molar-refractivity contribution is 0.0125. The van der Waals surface area contributed by atoms with Gasteiger partial charge in [-0.2, -0.15) is 0 Å². The zero-order valence-corrected chi connectivity index (χ0v) is 15.3. The Morgan fingerprint density at radius 2 is 2.08 bits per heavy atom. The summed E-state index contributed by atoms with van der Waals surface area (Å²) in [6, 6.07) is 0. The second-order valence-electron chi connectivity index (χ2n) is 6.13. The number of likely N-dealkylation sites (tertiary alicyclic amines) is 1. The van der Waals surface area contributed by atoms with Gasteiger partial charge >= 0.3 is 6.09 Å². The first-order valence-corrected chi connectivity index (χ1v) is 9.49. The van der Waals surface area contributed by atoms with Crippen LogP contribution in [0.25, 0.3) is 0 Å². The summed E-state index contributed by atoms with van der Waals surface area (Å²) >= 11 is 1.49. The maximum absolute atomic E-state index is 12.3. The predicted octanol–water partition coefficient (Wildman–Crippen LogP) is 1.07. The van der Waals surface area contributed by atoms with Crippen molar-refractivity contribution in [2.45, 2.75) is 18.8 Å². The Morgan fingerprint density at radius 1 is 1.35 bits per heavy atom. The third-order valence-corrected chi connectivity index (χ3v) is 5.41. The van der Waals surface area contributed by atoms with Gasteiger partial charge in [-0.05, 0) is 12.8 Å². The number of terminal acetylenes is 1. The fraction of sp³-hybridized carbons (Fsp3) is 0.588. The van der Waals surface area contributed by atoms with Crippen LogP contribution in [-0.4, -0.2) is 72.9 Å². The van der Waals surface area contributed by atoms with Crippen LogP contribution >= 0.6 is 11.3 Å². The van der Waals surface area contributed by atoms with Crippen LogP contribution in [0.1, 0.15) is 34.3 Å². The number of morpholine rings is 1. The molecule has 0 bridgehead atoms. The second-order valence-corrected chi connectivity index (χ2v) is 7.02. The summed E-state index contributed by atoms with van der Waals surface area (Å²) in [4.78, 5) is 30.3. The molecule has 26 heavy (non-hydrogen) atoms. The van der Waals surface area contributed by atoms with Gasteiger partial charge in [0.2, 0.25) is 0 Å². The number of hydrogen-bond donors (Lipinski definition) is 1. The Labute approximate surface area is 156 Å². The molecule has 1 N–H and O–H groups in total. The van der Waals surface area contributed by atoms with Crippen molar-refractivity contribution in [3.63, 3.8) is 0 Å². The highest BCUT2D eigenvalue weighted by atomic mass is 32.1. The van der Waals surface area contributed by atoms with Crippen LogP contribution in [0.15, 0.2) is 5.38 Å². The number of carbonyl (C=O) groups is 2. The van der Waals surface area contributed by atoms with E-state index in [0.29, 0.717) is 45.1 Å². The lowest BCUT2D eigenvalue weighted by Crippen LogP contribution is -2.48. The van der Waals surface area contributed by atoms with Gasteiger partial charge in [-0.25, -0.2) is 14.8 Å². The zero-order valence-electron chi connectivity index (χ0n) is 14.5. The molecule has 0 aromatic carbocycles. The average molecular weight is 378 g/mol. The normalized spacial score (nSPS) is 19.0. The van der Waals surface area contributed by atoms with E-state index in [9.17, 15) is 9.59 Å². The van der Waals surface area contributed by atoms with Crippen LogP contribution in [0.5, 0.6) is 0 Å². The molecule has 3 rings (SSSR count). The van der Waals surface area contributed by atoms with Gasteiger partial charge in [0, 0.05) is 37.5 Å². The monoisotopic (exact) mass is 378 g/mol. The van der Waals surface area contributed by atoms with Crippen LogP contribution < -0.4 is 5.43 Å². The molecule has 2 saturated heterocycles. The third-order valence-electron chi connectivity index (χ3n) is 4.41. The zero-order chi connectivity index (χ0) is 18.4. The van der Waals surface area contributed by atoms with Crippen LogP contribution in [0, 0.1) is 12.3 Å². The Bertz CT molecular complexity index is 673. The molecule has 9 heteroatoms. The van der Waals surface area contributed by atoms with Crippen molar-refractivity contribution in [2.75, 3.05) is 46.0 Å². The number of thiazole rings is 1. The average Bonchev–Trinajstić information content (AvgIpc) is 3.17. The lowest BCUT2D eigenvalue weighted by atomic mass is 9.98. The summed E-state index contributed by atoms with van der Waals surface area (Å²) in [6.45, 7) is 3.78. The Hall–Kier alpha value is -2.15. The summed E-state index contributed by atoms with van der Waals surface area (Å²) in [5.74, 6) is 2.35. The van der Waals surface area contributed by atoms with Crippen molar-refractivity contribution >= 4 is 23.3 Å². The molecule has 0 aliphatic carbocycles. The number of ether oxygens (including phenoxy) is 2. The van der Waals surface area contributed by atoms with Gasteiger partial charge in [-0.3, -0.25) is 10.2 Å². The maximum Gasteiger partial charge on any atom is 0.410 e. The van der Waals surface area contributed by atoms with Gasteiger partial charge in [0.1, 0.15) is 5.69 Å². The van der Waals surface area contributed by atoms with Crippen molar-refractivity contribution in [1.29, 1.82) is 0 Å². The minimum absolute atomic E-state index is 0.00709. The minimum Gasteiger partial charge on any atom is -0.436 e. The summed E-state index contributed by atoms with van der Waals surface area (Å²) in [7, 11) is 0. The van der Waals surface area contributed by atoms with Crippen molar-refractivity contribution < 1.29 is 19.1 Å². The largest absolute Gasteiger partial charge is 0.436 e. The number of nitrogens with one attached hydrogen (secondary N) is 1. The molecular formula is C17H22N4O4S.